The average molecular weight is 247 g/mol. The Morgan fingerprint density at radius 2 is 2.06 bits per heavy atom. The lowest BCUT2D eigenvalue weighted by molar-refractivity contribution is -0.131. The molecule has 0 unspecified atom stereocenters. The number of nitrogens with zero attached hydrogens (tertiary/aromatic N) is 1. The van der Waals surface area contributed by atoms with Gasteiger partial charge < -0.3 is 10.0 Å². The summed E-state index contributed by atoms with van der Waals surface area (Å²) < 4.78 is 0. The van der Waals surface area contributed by atoms with E-state index in [-0.39, 0.29) is 5.91 Å². The van der Waals surface area contributed by atoms with Crippen molar-refractivity contribution >= 4 is 18.0 Å². The average Bonchev–Trinajstić information content (AvgIpc) is 2.35. The van der Waals surface area contributed by atoms with E-state index >= 15 is 0 Å². The number of carboxylic acid groups (broad SMARTS) is 1. The monoisotopic (exact) mass is 247 g/mol. The fraction of sp³-hybridized carbons (Fsp3) is 0.286. The number of carbonyl (C=O) groups is 2. The van der Waals surface area contributed by atoms with Gasteiger partial charge in [0.05, 0.1) is 0 Å². The zero-order valence-electron chi connectivity index (χ0n) is 10.8. The summed E-state index contributed by atoms with van der Waals surface area (Å²) in [6.07, 6.45) is 2.57. The lowest BCUT2D eigenvalue weighted by Crippen LogP contribution is -2.27. The first-order chi connectivity index (χ1) is 8.47. The Labute approximate surface area is 107 Å². The predicted molar refractivity (Wildman–Crippen MR) is 70.5 cm³/mol. The van der Waals surface area contributed by atoms with Crippen LogP contribution < -0.4 is 0 Å². The molecule has 0 fully saturated rings. The molecule has 4 nitrogen and oxygen atoms in total. The van der Waals surface area contributed by atoms with Crippen LogP contribution in [0.5, 0.6) is 0 Å². The number of benzene rings is 1. The number of amides is 1. The van der Waals surface area contributed by atoms with Gasteiger partial charge in [0.25, 0.3) is 5.91 Å². The molecular weight excluding hydrogens is 230 g/mol. The van der Waals surface area contributed by atoms with E-state index in [0.29, 0.717) is 12.1 Å². The molecule has 1 rings (SSSR count). The normalized spacial score (nSPS) is 10.6. The highest BCUT2D eigenvalue weighted by Gasteiger charge is 2.13. The van der Waals surface area contributed by atoms with E-state index < -0.39 is 5.97 Å². The quantitative estimate of drug-likeness (QED) is 0.830. The molecule has 0 aromatic heterocycles. The minimum atomic E-state index is -1.00. The van der Waals surface area contributed by atoms with Crippen LogP contribution in [0.2, 0.25) is 0 Å². The van der Waals surface area contributed by atoms with E-state index in [1.165, 1.54) is 6.08 Å². The molecule has 0 heterocycles. The molecule has 0 aliphatic rings. The third-order valence-corrected chi connectivity index (χ3v) is 2.83. The molecule has 0 aliphatic carbocycles. The maximum Gasteiger partial charge on any atom is 0.328 e. The number of aliphatic carboxylic acids is 1. The molecule has 0 saturated heterocycles. The molecule has 0 radical (unpaired) electrons. The van der Waals surface area contributed by atoms with Gasteiger partial charge >= 0.3 is 5.97 Å². The molecule has 1 amide bonds. The molecule has 0 bridgehead atoms. The second-order valence-corrected chi connectivity index (χ2v) is 4.01. The molecule has 0 spiro atoms. The van der Waals surface area contributed by atoms with Crippen LogP contribution in [0.4, 0.5) is 0 Å². The van der Waals surface area contributed by atoms with Crippen molar-refractivity contribution in [3.63, 3.8) is 0 Å². The highest BCUT2D eigenvalue weighted by molar-refractivity contribution is 5.96. The van der Waals surface area contributed by atoms with Gasteiger partial charge in [-0.2, -0.15) is 0 Å². The smallest absolute Gasteiger partial charge is 0.328 e. The number of hydrogen-bond donors (Lipinski definition) is 1. The number of carboxylic acids is 1. The fourth-order valence-electron chi connectivity index (χ4n) is 1.58. The Hall–Kier alpha value is -2.10. The summed E-state index contributed by atoms with van der Waals surface area (Å²) in [6.45, 7) is 4.35. The van der Waals surface area contributed by atoms with E-state index in [0.717, 1.165) is 17.2 Å². The van der Waals surface area contributed by atoms with Crippen LogP contribution in [-0.2, 0) is 4.79 Å². The summed E-state index contributed by atoms with van der Waals surface area (Å²) >= 11 is 0. The van der Waals surface area contributed by atoms with Crippen LogP contribution >= 0.6 is 0 Å². The maximum absolute atomic E-state index is 12.1. The van der Waals surface area contributed by atoms with Crippen molar-refractivity contribution in [2.45, 2.75) is 13.8 Å². The Balaban J connectivity index is 3.13. The Morgan fingerprint density at radius 3 is 2.61 bits per heavy atom. The summed E-state index contributed by atoms with van der Waals surface area (Å²) in [5, 5.41) is 8.61. The zero-order chi connectivity index (χ0) is 13.7. The van der Waals surface area contributed by atoms with Gasteiger partial charge in [-0.25, -0.2) is 4.79 Å². The third kappa shape index (κ3) is 3.20. The first kappa shape index (κ1) is 14.0. The van der Waals surface area contributed by atoms with Gasteiger partial charge in [-0.15, -0.1) is 0 Å². The summed E-state index contributed by atoms with van der Waals surface area (Å²) in [6, 6.07) is 5.30. The molecule has 1 aromatic rings. The number of rotatable bonds is 4. The highest BCUT2D eigenvalue weighted by atomic mass is 16.4. The molecule has 0 atom stereocenters. The van der Waals surface area contributed by atoms with Crippen molar-refractivity contribution in [1.29, 1.82) is 0 Å². The summed E-state index contributed by atoms with van der Waals surface area (Å²) in [4.78, 5) is 24.2. The van der Waals surface area contributed by atoms with Gasteiger partial charge in [0.2, 0.25) is 0 Å². The van der Waals surface area contributed by atoms with Crippen molar-refractivity contribution < 1.29 is 14.7 Å². The van der Waals surface area contributed by atoms with Crippen molar-refractivity contribution in [1.82, 2.24) is 4.90 Å². The fourth-order valence-corrected chi connectivity index (χ4v) is 1.58. The lowest BCUT2D eigenvalue weighted by atomic mass is 10.0. The summed E-state index contributed by atoms with van der Waals surface area (Å²) in [5.41, 5.74) is 2.14. The van der Waals surface area contributed by atoms with Crippen LogP contribution in [0, 0.1) is 6.92 Å². The predicted octanol–water partition coefficient (Wildman–Crippen LogP) is 2.18. The summed E-state index contributed by atoms with van der Waals surface area (Å²) in [7, 11) is 1.74. The Kier molecular flexibility index (Phi) is 4.66. The molecule has 1 aromatic carbocycles. The maximum atomic E-state index is 12.1. The minimum Gasteiger partial charge on any atom is -0.478 e. The van der Waals surface area contributed by atoms with Crippen LogP contribution in [-0.4, -0.2) is 35.5 Å². The second kappa shape index (κ2) is 6.00. The van der Waals surface area contributed by atoms with Crippen LogP contribution in [0.1, 0.15) is 28.4 Å². The number of hydrogen-bond acceptors (Lipinski definition) is 2. The molecule has 0 aliphatic heterocycles. The van der Waals surface area contributed by atoms with E-state index in [2.05, 4.69) is 0 Å². The van der Waals surface area contributed by atoms with E-state index in [9.17, 15) is 9.59 Å². The van der Waals surface area contributed by atoms with E-state index in [1.54, 1.807) is 30.1 Å². The zero-order valence-corrected chi connectivity index (χ0v) is 10.8. The SMILES string of the molecule is CCN(C)C(=O)c1cccc(/C=C/C(=O)O)c1C. The van der Waals surface area contributed by atoms with Gasteiger partial charge in [0, 0.05) is 25.2 Å². The van der Waals surface area contributed by atoms with E-state index in [4.69, 9.17) is 5.11 Å². The van der Waals surface area contributed by atoms with Gasteiger partial charge in [0.15, 0.2) is 0 Å². The van der Waals surface area contributed by atoms with Crippen LogP contribution in [0.15, 0.2) is 24.3 Å². The van der Waals surface area contributed by atoms with Crippen molar-refractivity contribution in [3.8, 4) is 0 Å². The summed E-state index contributed by atoms with van der Waals surface area (Å²) in [5.74, 6) is -1.06. The molecule has 18 heavy (non-hydrogen) atoms. The van der Waals surface area contributed by atoms with Crippen LogP contribution in [0.3, 0.4) is 0 Å². The van der Waals surface area contributed by atoms with Crippen molar-refractivity contribution in [3.05, 3.63) is 41.0 Å². The first-order valence-electron chi connectivity index (χ1n) is 5.73. The second-order valence-electron chi connectivity index (χ2n) is 4.01. The highest BCUT2D eigenvalue weighted by Crippen LogP contribution is 2.16. The Bertz CT molecular complexity index is 492. The molecule has 1 N–H and O–H groups in total. The van der Waals surface area contributed by atoms with Crippen molar-refractivity contribution in [2.75, 3.05) is 13.6 Å². The molecule has 4 heteroatoms. The minimum absolute atomic E-state index is 0.0550. The molecule has 0 saturated carbocycles. The van der Waals surface area contributed by atoms with Gasteiger partial charge in [-0.1, -0.05) is 12.1 Å². The first-order valence-corrected chi connectivity index (χ1v) is 5.73. The lowest BCUT2D eigenvalue weighted by Gasteiger charge is -2.16. The van der Waals surface area contributed by atoms with Gasteiger partial charge in [-0.3, -0.25) is 4.79 Å². The van der Waals surface area contributed by atoms with Gasteiger partial charge in [-0.05, 0) is 37.1 Å². The van der Waals surface area contributed by atoms with Gasteiger partial charge in [0.1, 0.15) is 0 Å². The molecular formula is C14H17NO3. The Morgan fingerprint density at radius 1 is 1.39 bits per heavy atom. The number of carbonyl (C=O) groups excluding carboxylic acids is 1. The van der Waals surface area contributed by atoms with Crippen molar-refractivity contribution in [2.24, 2.45) is 0 Å². The molecule has 96 valence electrons. The van der Waals surface area contributed by atoms with E-state index in [1.807, 2.05) is 13.8 Å². The third-order valence-electron chi connectivity index (χ3n) is 2.83. The van der Waals surface area contributed by atoms with Crippen LogP contribution in [0.25, 0.3) is 6.08 Å². The standard InChI is InChI=1S/C14H17NO3/c1-4-15(3)14(18)12-7-5-6-11(10(12)2)8-9-13(16)17/h5-9H,4H2,1-3H3,(H,16,17)/b9-8+. The topological polar surface area (TPSA) is 57.6 Å². The largest absolute Gasteiger partial charge is 0.478 e.